The fourth-order valence-electron chi connectivity index (χ4n) is 3.08. The predicted molar refractivity (Wildman–Crippen MR) is 103 cm³/mol. The maximum atomic E-state index is 12.0. The minimum Gasteiger partial charge on any atom is -0.486 e. The van der Waals surface area contributed by atoms with Gasteiger partial charge >= 0.3 is 11.8 Å². The zero-order chi connectivity index (χ0) is 20.1. The Hall–Kier alpha value is -3.42. The first-order chi connectivity index (χ1) is 14.2. The van der Waals surface area contributed by atoms with Gasteiger partial charge in [-0.25, -0.2) is 0 Å². The Morgan fingerprint density at radius 1 is 0.759 bits per heavy atom. The molecule has 0 radical (unpaired) electrons. The van der Waals surface area contributed by atoms with Crippen molar-refractivity contribution in [1.29, 1.82) is 0 Å². The van der Waals surface area contributed by atoms with Gasteiger partial charge in [0.05, 0.1) is 6.54 Å². The Morgan fingerprint density at radius 2 is 1.28 bits per heavy atom. The Morgan fingerprint density at radius 3 is 1.93 bits per heavy atom. The van der Waals surface area contributed by atoms with E-state index in [-0.39, 0.29) is 18.8 Å². The molecule has 0 aliphatic carbocycles. The summed E-state index contributed by atoms with van der Waals surface area (Å²) in [4.78, 5) is 24.0. The largest absolute Gasteiger partial charge is 0.486 e. The first-order valence-electron chi connectivity index (χ1n) is 9.52. The van der Waals surface area contributed by atoms with Crippen LogP contribution in [0.25, 0.3) is 0 Å². The lowest BCUT2D eigenvalue weighted by Gasteiger charge is -2.26. The van der Waals surface area contributed by atoms with Gasteiger partial charge in [0.1, 0.15) is 25.4 Å². The highest BCUT2D eigenvalue weighted by Crippen LogP contribution is 2.32. The van der Waals surface area contributed by atoms with Crippen LogP contribution in [-0.2, 0) is 9.59 Å². The van der Waals surface area contributed by atoms with E-state index in [9.17, 15) is 9.59 Å². The molecule has 0 bridgehead atoms. The summed E-state index contributed by atoms with van der Waals surface area (Å²) in [5.74, 6) is 1.29. The fraction of sp³-hybridized carbons (Fsp3) is 0.333. The number of carbonyl (C=O) groups excluding carboxylic acids is 2. The van der Waals surface area contributed by atoms with E-state index in [1.807, 2.05) is 42.5 Å². The monoisotopic (exact) mass is 398 g/mol. The van der Waals surface area contributed by atoms with Gasteiger partial charge in [-0.15, -0.1) is 0 Å². The maximum Gasteiger partial charge on any atom is 0.309 e. The van der Waals surface area contributed by atoms with E-state index in [1.54, 1.807) is 6.07 Å². The van der Waals surface area contributed by atoms with E-state index in [0.717, 1.165) is 0 Å². The van der Waals surface area contributed by atoms with Crippen molar-refractivity contribution in [3.05, 3.63) is 48.5 Å². The number of para-hydroxylation sites is 4. The van der Waals surface area contributed by atoms with Crippen LogP contribution in [0.3, 0.4) is 0 Å². The molecule has 2 aliphatic heterocycles. The third kappa shape index (κ3) is 4.71. The van der Waals surface area contributed by atoms with Gasteiger partial charge in [-0.05, 0) is 24.3 Å². The summed E-state index contributed by atoms with van der Waals surface area (Å²) in [6.07, 6.45) is -0.000368. The summed E-state index contributed by atoms with van der Waals surface area (Å²) in [6.45, 7) is 1.19. The molecule has 152 valence electrons. The second-order valence-electron chi connectivity index (χ2n) is 6.75. The molecule has 2 unspecified atom stereocenters. The third-order valence-electron chi connectivity index (χ3n) is 4.58. The average Bonchev–Trinajstić information content (AvgIpc) is 2.77. The molecule has 2 atom stereocenters. The smallest absolute Gasteiger partial charge is 0.309 e. The Balaban J connectivity index is 1.16. The van der Waals surface area contributed by atoms with Crippen LogP contribution in [0.15, 0.2) is 48.5 Å². The highest BCUT2D eigenvalue weighted by atomic mass is 16.6. The molecule has 2 heterocycles. The molecule has 0 saturated carbocycles. The zero-order valence-electron chi connectivity index (χ0n) is 15.8. The second kappa shape index (κ2) is 8.72. The Kier molecular flexibility index (Phi) is 5.69. The number of rotatable bonds is 5. The van der Waals surface area contributed by atoms with E-state index in [4.69, 9.17) is 18.9 Å². The maximum absolute atomic E-state index is 12.0. The molecule has 0 spiro atoms. The lowest BCUT2D eigenvalue weighted by Crippen LogP contribution is -2.46. The molecule has 8 nitrogen and oxygen atoms in total. The van der Waals surface area contributed by atoms with Crippen molar-refractivity contribution >= 4 is 11.8 Å². The van der Waals surface area contributed by atoms with Gasteiger partial charge in [0.25, 0.3) is 0 Å². The van der Waals surface area contributed by atoms with Crippen molar-refractivity contribution in [3.63, 3.8) is 0 Å². The normalized spacial score (nSPS) is 19.2. The second-order valence-corrected chi connectivity index (χ2v) is 6.75. The number of ether oxygens (including phenoxy) is 4. The number of nitrogens with one attached hydrogen (secondary N) is 2. The molecule has 2 N–H and O–H groups in total. The zero-order valence-corrected chi connectivity index (χ0v) is 15.8. The first-order valence-corrected chi connectivity index (χ1v) is 9.52. The Bertz CT molecular complexity index is 887. The van der Waals surface area contributed by atoms with Crippen LogP contribution in [0, 0.1) is 0 Å². The molecule has 2 aromatic rings. The van der Waals surface area contributed by atoms with Gasteiger partial charge in [0, 0.05) is 13.0 Å². The van der Waals surface area contributed by atoms with Crippen LogP contribution in [0.5, 0.6) is 23.0 Å². The molecule has 29 heavy (non-hydrogen) atoms. The van der Waals surface area contributed by atoms with Crippen LogP contribution in [0.2, 0.25) is 0 Å². The summed E-state index contributed by atoms with van der Waals surface area (Å²) in [5.41, 5.74) is 0. The SMILES string of the molecule is O=C(NCCC1COc2ccccc2O1)C(=O)NCC1COc2ccccc2O1. The molecule has 2 aromatic carbocycles. The van der Waals surface area contributed by atoms with E-state index in [0.29, 0.717) is 49.2 Å². The predicted octanol–water partition coefficient (Wildman–Crippen LogP) is 1.29. The lowest BCUT2D eigenvalue weighted by atomic mass is 10.2. The minimum absolute atomic E-state index is 0.178. The molecule has 0 aromatic heterocycles. The van der Waals surface area contributed by atoms with Crippen LogP contribution in [-0.4, -0.2) is 50.3 Å². The van der Waals surface area contributed by atoms with E-state index >= 15 is 0 Å². The standard InChI is InChI=1S/C21H22N2O6/c24-20(22-10-9-14-12-26-16-5-1-3-7-18(16)28-14)21(25)23-11-15-13-27-17-6-2-4-8-19(17)29-15/h1-8,14-15H,9-13H2,(H,22,24)(H,23,25). The topological polar surface area (TPSA) is 95.1 Å². The summed E-state index contributed by atoms with van der Waals surface area (Å²) in [5, 5.41) is 5.17. The minimum atomic E-state index is -0.710. The van der Waals surface area contributed by atoms with Crippen molar-refractivity contribution in [2.45, 2.75) is 18.6 Å². The van der Waals surface area contributed by atoms with Crippen molar-refractivity contribution in [3.8, 4) is 23.0 Å². The van der Waals surface area contributed by atoms with Gasteiger partial charge in [-0.1, -0.05) is 24.3 Å². The molecule has 8 heteroatoms. The number of hydrogen-bond donors (Lipinski definition) is 2. The number of fused-ring (bicyclic) bond motifs is 2. The number of hydrogen-bond acceptors (Lipinski definition) is 6. The van der Waals surface area contributed by atoms with Crippen LogP contribution in [0.1, 0.15) is 6.42 Å². The van der Waals surface area contributed by atoms with Crippen molar-refractivity contribution in [1.82, 2.24) is 10.6 Å². The molecule has 0 saturated heterocycles. The van der Waals surface area contributed by atoms with Gasteiger partial charge in [0.15, 0.2) is 23.0 Å². The van der Waals surface area contributed by atoms with Gasteiger partial charge in [0.2, 0.25) is 0 Å². The molecule has 2 amide bonds. The first kappa shape index (κ1) is 18.9. The van der Waals surface area contributed by atoms with Crippen molar-refractivity contribution < 1.29 is 28.5 Å². The lowest BCUT2D eigenvalue weighted by molar-refractivity contribution is -0.139. The summed E-state index contributed by atoms with van der Waals surface area (Å²) >= 11 is 0. The Labute approximate surface area is 168 Å². The van der Waals surface area contributed by atoms with Gasteiger partial charge in [-0.2, -0.15) is 0 Å². The summed E-state index contributed by atoms with van der Waals surface area (Å²) < 4.78 is 22.8. The third-order valence-corrected chi connectivity index (χ3v) is 4.58. The number of benzene rings is 2. The summed E-state index contributed by atoms with van der Waals surface area (Å²) in [7, 11) is 0. The van der Waals surface area contributed by atoms with Crippen LogP contribution < -0.4 is 29.6 Å². The van der Waals surface area contributed by atoms with Crippen molar-refractivity contribution in [2.24, 2.45) is 0 Å². The van der Waals surface area contributed by atoms with Gasteiger partial charge in [-0.3, -0.25) is 9.59 Å². The van der Waals surface area contributed by atoms with E-state index in [1.165, 1.54) is 0 Å². The highest BCUT2D eigenvalue weighted by molar-refractivity contribution is 6.35. The van der Waals surface area contributed by atoms with Crippen LogP contribution >= 0.6 is 0 Å². The summed E-state index contributed by atoms with van der Waals surface area (Å²) in [6, 6.07) is 14.7. The van der Waals surface area contributed by atoms with E-state index in [2.05, 4.69) is 10.6 Å². The quantitative estimate of drug-likeness (QED) is 0.737. The molecule has 2 aliphatic rings. The molecule has 0 fully saturated rings. The molecular weight excluding hydrogens is 376 g/mol. The molecular formula is C21H22N2O6. The fourth-order valence-corrected chi connectivity index (χ4v) is 3.08. The number of amides is 2. The average molecular weight is 398 g/mol. The number of carbonyl (C=O) groups is 2. The van der Waals surface area contributed by atoms with E-state index < -0.39 is 11.8 Å². The van der Waals surface area contributed by atoms with Crippen LogP contribution in [0.4, 0.5) is 0 Å². The van der Waals surface area contributed by atoms with Crippen molar-refractivity contribution in [2.75, 3.05) is 26.3 Å². The van der Waals surface area contributed by atoms with Gasteiger partial charge < -0.3 is 29.6 Å². The highest BCUT2D eigenvalue weighted by Gasteiger charge is 2.24. The molecule has 4 rings (SSSR count).